The van der Waals surface area contributed by atoms with Crippen LogP contribution in [0, 0.1) is 18.3 Å². The van der Waals surface area contributed by atoms with Gasteiger partial charge in [0.25, 0.3) is 0 Å². The lowest BCUT2D eigenvalue weighted by atomic mass is 9.95. The average Bonchev–Trinajstić information content (AvgIpc) is 3.31. The molecule has 33 heavy (non-hydrogen) atoms. The second-order valence-corrected chi connectivity index (χ2v) is 8.49. The van der Waals surface area contributed by atoms with E-state index in [4.69, 9.17) is 11.6 Å². The number of aromatic nitrogens is 3. The van der Waals surface area contributed by atoms with E-state index in [0.29, 0.717) is 36.8 Å². The second kappa shape index (κ2) is 8.23. The van der Waals surface area contributed by atoms with Gasteiger partial charge in [-0.15, -0.1) is 0 Å². The smallest absolute Gasteiger partial charge is 0.246 e. The highest BCUT2D eigenvalue weighted by Crippen LogP contribution is 2.40. The minimum absolute atomic E-state index is 0.0776. The lowest BCUT2D eigenvalue weighted by molar-refractivity contribution is -0.126. The highest BCUT2D eigenvalue weighted by molar-refractivity contribution is 6.35. The SMILES string of the molecule is C=CC(=O)N1CCN(c2c(C#N)cnc3cc(-c4c(C)ccc5[nH]ncc45)c(Cl)cc23)CC1. The standard InChI is InChI=1S/C25H21ClN6O/c1-3-23(33)31-6-8-32(9-7-31)25-16(12-27)13-28-22-11-17(20(26)10-18(22)25)24-15(2)4-5-21-19(24)14-29-30-21/h3-5,10-11,13-14H,1,6-9H2,2H3,(H,29,30). The average molecular weight is 457 g/mol. The highest BCUT2D eigenvalue weighted by atomic mass is 35.5. The van der Waals surface area contributed by atoms with Crippen LogP contribution in [0.2, 0.25) is 5.02 Å². The van der Waals surface area contributed by atoms with Crippen molar-refractivity contribution in [1.29, 1.82) is 5.26 Å². The first-order valence-corrected chi connectivity index (χ1v) is 11.0. The largest absolute Gasteiger partial charge is 0.366 e. The van der Waals surface area contributed by atoms with Crippen LogP contribution in [0.5, 0.6) is 0 Å². The predicted octanol–water partition coefficient (Wildman–Crippen LogP) is 4.45. The highest BCUT2D eigenvalue weighted by Gasteiger charge is 2.24. The van der Waals surface area contributed by atoms with E-state index in [2.05, 4.69) is 32.7 Å². The van der Waals surface area contributed by atoms with Gasteiger partial charge in [0.1, 0.15) is 6.07 Å². The molecule has 0 saturated carbocycles. The van der Waals surface area contributed by atoms with Crippen LogP contribution in [0.3, 0.4) is 0 Å². The molecule has 1 aliphatic rings. The Morgan fingerprint density at radius 3 is 2.73 bits per heavy atom. The van der Waals surface area contributed by atoms with Crippen LogP contribution >= 0.6 is 11.6 Å². The van der Waals surface area contributed by atoms with Gasteiger partial charge in [-0.3, -0.25) is 14.9 Å². The Hall–Kier alpha value is -3.89. The van der Waals surface area contributed by atoms with Crippen LogP contribution in [0.25, 0.3) is 32.9 Å². The molecule has 3 heterocycles. The van der Waals surface area contributed by atoms with Crippen LogP contribution in [0.15, 0.2) is 49.3 Å². The maximum absolute atomic E-state index is 12.0. The zero-order valence-corrected chi connectivity index (χ0v) is 18.9. The number of aryl methyl sites for hydroxylation is 1. The fourth-order valence-corrected chi connectivity index (χ4v) is 4.83. The molecular formula is C25H21ClN6O. The number of halogens is 1. The number of nitrogens with zero attached hydrogens (tertiary/aromatic N) is 5. The molecule has 1 aliphatic heterocycles. The monoisotopic (exact) mass is 456 g/mol. The van der Waals surface area contributed by atoms with E-state index >= 15 is 0 Å². The molecule has 8 heteroatoms. The Bertz CT molecular complexity index is 1460. The zero-order valence-electron chi connectivity index (χ0n) is 18.1. The summed E-state index contributed by atoms with van der Waals surface area (Å²) in [6, 6.07) is 10.2. The Labute approximate surface area is 195 Å². The number of benzene rings is 2. The molecule has 0 aliphatic carbocycles. The molecule has 0 atom stereocenters. The van der Waals surface area contributed by atoms with Gasteiger partial charge in [-0.25, -0.2) is 0 Å². The first-order valence-electron chi connectivity index (χ1n) is 10.6. The predicted molar refractivity (Wildman–Crippen MR) is 130 cm³/mol. The van der Waals surface area contributed by atoms with Gasteiger partial charge in [0.15, 0.2) is 0 Å². The summed E-state index contributed by atoms with van der Waals surface area (Å²) in [5, 5.41) is 19.4. The van der Waals surface area contributed by atoms with Gasteiger partial charge in [-0.1, -0.05) is 24.2 Å². The molecule has 2 aromatic carbocycles. The van der Waals surface area contributed by atoms with Crippen molar-refractivity contribution in [2.45, 2.75) is 6.92 Å². The van der Waals surface area contributed by atoms with Crippen molar-refractivity contribution in [2.24, 2.45) is 0 Å². The Kier molecular flexibility index (Phi) is 5.23. The summed E-state index contributed by atoms with van der Waals surface area (Å²) in [6.07, 6.45) is 4.75. The summed E-state index contributed by atoms with van der Waals surface area (Å²) in [6.45, 7) is 7.96. The summed E-state index contributed by atoms with van der Waals surface area (Å²) in [5.41, 5.74) is 5.96. The third-order valence-corrected chi connectivity index (χ3v) is 6.55. The zero-order chi connectivity index (χ0) is 23.1. The summed E-state index contributed by atoms with van der Waals surface area (Å²) < 4.78 is 0. The van der Waals surface area contributed by atoms with Gasteiger partial charge in [-0.05, 0) is 42.3 Å². The number of nitriles is 1. The first-order chi connectivity index (χ1) is 16.0. The van der Waals surface area contributed by atoms with E-state index < -0.39 is 0 Å². The number of aromatic amines is 1. The van der Waals surface area contributed by atoms with Gasteiger partial charge in [-0.2, -0.15) is 10.4 Å². The number of amides is 1. The van der Waals surface area contributed by atoms with Crippen molar-refractivity contribution < 1.29 is 4.79 Å². The molecular weight excluding hydrogens is 436 g/mol. The van der Waals surface area contributed by atoms with E-state index in [9.17, 15) is 10.1 Å². The third kappa shape index (κ3) is 3.49. The van der Waals surface area contributed by atoms with Crippen molar-refractivity contribution in [3.05, 3.63) is 65.5 Å². The molecule has 0 radical (unpaired) electrons. The molecule has 5 rings (SSSR count). The van der Waals surface area contributed by atoms with E-state index in [1.807, 2.05) is 31.2 Å². The van der Waals surface area contributed by atoms with Crippen molar-refractivity contribution in [3.8, 4) is 17.2 Å². The molecule has 2 aromatic heterocycles. The lowest BCUT2D eigenvalue weighted by Gasteiger charge is -2.36. The molecule has 1 saturated heterocycles. The number of anilines is 1. The normalized spacial score (nSPS) is 14.0. The van der Waals surface area contributed by atoms with E-state index in [-0.39, 0.29) is 5.91 Å². The number of hydrogen-bond donors (Lipinski definition) is 1. The number of nitrogens with one attached hydrogen (secondary N) is 1. The Morgan fingerprint density at radius 2 is 2.00 bits per heavy atom. The van der Waals surface area contributed by atoms with Gasteiger partial charge in [0, 0.05) is 53.7 Å². The molecule has 1 N–H and O–H groups in total. The molecule has 164 valence electrons. The van der Waals surface area contributed by atoms with Gasteiger partial charge in [0.2, 0.25) is 5.91 Å². The molecule has 7 nitrogen and oxygen atoms in total. The molecule has 0 bridgehead atoms. The fraction of sp³-hybridized carbons (Fsp3) is 0.200. The second-order valence-electron chi connectivity index (χ2n) is 8.09. The first kappa shape index (κ1) is 21.0. The number of rotatable bonds is 3. The number of pyridine rings is 1. The van der Waals surface area contributed by atoms with E-state index in [1.54, 1.807) is 17.3 Å². The summed E-state index contributed by atoms with van der Waals surface area (Å²) >= 11 is 6.84. The van der Waals surface area contributed by atoms with Crippen LogP contribution in [-0.2, 0) is 4.79 Å². The number of piperazine rings is 1. The number of carbonyl (C=O) groups excluding carboxylic acids is 1. The molecule has 0 unspecified atom stereocenters. The quantitative estimate of drug-likeness (QED) is 0.460. The number of carbonyl (C=O) groups is 1. The third-order valence-electron chi connectivity index (χ3n) is 6.23. The van der Waals surface area contributed by atoms with Crippen LogP contribution in [0.4, 0.5) is 5.69 Å². The van der Waals surface area contributed by atoms with Crippen molar-refractivity contribution >= 4 is 45.0 Å². The Balaban J connectivity index is 1.63. The number of fused-ring (bicyclic) bond motifs is 2. The van der Waals surface area contributed by atoms with Gasteiger partial charge in [0.05, 0.1) is 28.5 Å². The Morgan fingerprint density at radius 1 is 1.21 bits per heavy atom. The van der Waals surface area contributed by atoms with E-state index in [0.717, 1.165) is 44.2 Å². The summed E-state index contributed by atoms with van der Waals surface area (Å²) in [5.74, 6) is -0.0776. The topological polar surface area (TPSA) is 88.9 Å². The maximum Gasteiger partial charge on any atom is 0.246 e. The van der Waals surface area contributed by atoms with E-state index in [1.165, 1.54) is 6.08 Å². The lowest BCUT2D eigenvalue weighted by Crippen LogP contribution is -2.48. The molecule has 1 fully saturated rings. The van der Waals surface area contributed by atoms with Gasteiger partial charge >= 0.3 is 0 Å². The van der Waals surface area contributed by atoms with Crippen LogP contribution in [0.1, 0.15) is 11.1 Å². The summed E-state index contributed by atoms with van der Waals surface area (Å²) in [7, 11) is 0. The van der Waals surface area contributed by atoms with Crippen molar-refractivity contribution in [1.82, 2.24) is 20.1 Å². The maximum atomic E-state index is 12.0. The van der Waals surface area contributed by atoms with Crippen molar-refractivity contribution in [2.75, 3.05) is 31.1 Å². The van der Waals surface area contributed by atoms with Crippen LogP contribution in [-0.4, -0.2) is 52.2 Å². The molecule has 0 spiro atoms. The number of H-pyrrole nitrogens is 1. The number of hydrogen-bond acceptors (Lipinski definition) is 5. The summed E-state index contributed by atoms with van der Waals surface area (Å²) in [4.78, 5) is 20.4. The minimum atomic E-state index is -0.0776. The fourth-order valence-electron chi connectivity index (χ4n) is 4.58. The van der Waals surface area contributed by atoms with Crippen molar-refractivity contribution in [3.63, 3.8) is 0 Å². The minimum Gasteiger partial charge on any atom is -0.366 e. The van der Waals surface area contributed by atoms with Gasteiger partial charge < -0.3 is 9.80 Å². The molecule has 1 amide bonds. The molecule has 4 aromatic rings. The van der Waals surface area contributed by atoms with Crippen LogP contribution < -0.4 is 4.90 Å².